The molecule has 1 aromatic carbocycles. The molecule has 0 aliphatic carbocycles. The van der Waals surface area contributed by atoms with E-state index in [1.54, 1.807) is 25.1 Å². The average molecular weight is 382 g/mol. The number of nitrogens with zero attached hydrogens (tertiary/aromatic N) is 3. The SMILES string of the molecule is C=CCSc1nnc(NC(=O)[C@@H](C)Sc2ccc([N+](=O)[O-])cc2)s1. The third-order valence-electron chi connectivity index (χ3n) is 2.69. The third-order valence-corrected chi connectivity index (χ3v) is 5.77. The molecule has 7 nitrogen and oxygen atoms in total. The van der Waals surface area contributed by atoms with E-state index < -0.39 is 4.92 Å². The molecule has 1 aromatic heterocycles. The standard InChI is InChI=1S/C14H14N4O3S3/c1-3-8-22-14-17-16-13(24-14)15-12(19)9(2)23-11-6-4-10(5-7-11)18(20)21/h3-7,9H,1,8H2,2H3,(H,15,16,19)/t9-/m1/s1. The second-order valence-electron chi connectivity index (χ2n) is 4.47. The fourth-order valence-electron chi connectivity index (χ4n) is 1.56. The molecule has 0 saturated carbocycles. The molecule has 0 radical (unpaired) electrons. The normalized spacial score (nSPS) is 11.7. The molecule has 10 heteroatoms. The van der Waals surface area contributed by atoms with Crippen molar-refractivity contribution in [2.75, 3.05) is 11.1 Å². The predicted molar refractivity (Wildman–Crippen MR) is 97.9 cm³/mol. The molecule has 0 fully saturated rings. The van der Waals surface area contributed by atoms with E-state index in [2.05, 4.69) is 22.1 Å². The maximum atomic E-state index is 12.2. The first-order valence-electron chi connectivity index (χ1n) is 6.78. The zero-order chi connectivity index (χ0) is 17.5. The van der Waals surface area contributed by atoms with Crippen molar-refractivity contribution in [2.45, 2.75) is 21.4 Å². The highest BCUT2D eigenvalue weighted by atomic mass is 32.2. The molecule has 1 N–H and O–H groups in total. The van der Waals surface area contributed by atoms with Gasteiger partial charge >= 0.3 is 0 Å². The van der Waals surface area contributed by atoms with Gasteiger partial charge in [-0.05, 0) is 19.1 Å². The van der Waals surface area contributed by atoms with E-state index in [1.807, 2.05) is 0 Å². The Balaban J connectivity index is 1.90. The Bertz CT molecular complexity index is 733. The van der Waals surface area contributed by atoms with Crippen molar-refractivity contribution in [3.8, 4) is 0 Å². The molecule has 0 aliphatic heterocycles. The lowest BCUT2D eigenvalue weighted by Crippen LogP contribution is -2.22. The van der Waals surface area contributed by atoms with Crippen LogP contribution in [0.3, 0.4) is 0 Å². The number of anilines is 1. The number of non-ortho nitro benzene ring substituents is 1. The molecule has 0 saturated heterocycles. The van der Waals surface area contributed by atoms with Gasteiger partial charge in [0.05, 0.1) is 10.2 Å². The zero-order valence-electron chi connectivity index (χ0n) is 12.7. The monoisotopic (exact) mass is 382 g/mol. The van der Waals surface area contributed by atoms with Crippen LogP contribution in [0.1, 0.15) is 6.92 Å². The lowest BCUT2D eigenvalue weighted by atomic mass is 10.3. The molecule has 1 amide bonds. The number of benzene rings is 1. The molecule has 0 bridgehead atoms. The Kier molecular flexibility index (Phi) is 6.76. The van der Waals surface area contributed by atoms with Crippen molar-refractivity contribution >= 4 is 51.6 Å². The average Bonchev–Trinajstić information content (AvgIpc) is 3.00. The van der Waals surface area contributed by atoms with Crippen LogP contribution >= 0.6 is 34.9 Å². The Morgan fingerprint density at radius 3 is 2.79 bits per heavy atom. The first-order valence-corrected chi connectivity index (χ1v) is 9.47. The smallest absolute Gasteiger partial charge is 0.269 e. The largest absolute Gasteiger partial charge is 0.300 e. The van der Waals surface area contributed by atoms with Crippen LogP contribution in [0, 0.1) is 10.1 Å². The molecule has 0 unspecified atom stereocenters. The van der Waals surface area contributed by atoms with Gasteiger partial charge in [0.25, 0.3) is 5.69 Å². The highest BCUT2D eigenvalue weighted by molar-refractivity contribution is 8.01. The van der Waals surface area contributed by atoms with Gasteiger partial charge in [0.2, 0.25) is 11.0 Å². The van der Waals surface area contributed by atoms with E-state index in [0.29, 0.717) is 5.13 Å². The van der Waals surface area contributed by atoms with E-state index in [4.69, 9.17) is 0 Å². The zero-order valence-corrected chi connectivity index (χ0v) is 15.1. The maximum absolute atomic E-state index is 12.2. The van der Waals surface area contributed by atoms with Crippen molar-refractivity contribution in [3.63, 3.8) is 0 Å². The van der Waals surface area contributed by atoms with Crippen molar-refractivity contribution in [1.29, 1.82) is 0 Å². The predicted octanol–water partition coefficient (Wildman–Crippen LogP) is 3.84. The van der Waals surface area contributed by atoms with Crippen LogP contribution in [0.5, 0.6) is 0 Å². The molecule has 0 aliphatic rings. The molecule has 2 aromatic rings. The fourth-order valence-corrected chi connectivity index (χ4v) is 3.94. The van der Waals surface area contributed by atoms with E-state index in [9.17, 15) is 14.9 Å². The lowest BCUT2D eigenvalue weighted by Gasteiger charge is -2.09. The summed E-state index contributed by atoms with van der Waals surface area (Å²) in [5, 5.41) is 21.3. The number of amides is 1. The van der Waals surface area contributed by atoms with Crippen molar-refractivity contribution in [2.24, 2.45) is 0 Å². The minimum atomic E-state index is -0.456. The van der Waals surface area contributed by atoms with E-state index in [1.165, 1.54) is 47.0 Å². The number of rotatable bonds is 8. The van der Waals surface area contributed by atoms with Gasteiger partial charge in [0.15, 0.2) is 4.34 Å². The highest BCUT2D eigenvalue weighted by Gasteiger charge is 2.17. The van der Waals surface area contributed by atoms with Crippen LogP contribution < -0.4 is 5.32 Å². The van der Waals surface area contributed by atoms with Crippen molar-refractivity contribution in [3.05, 3.63) is 47.0 Å². The maximum Gasteiger partial charge on any atom is 0.269 e. The van der Waals surface area contributed by atoms with Crippen LogP contribution in [0.4, 0.5) is 10.8 Å². The molecule has 126 valence electrons. The van der Waals surface area contributed by atoms with Crippen molar-refractivity contribution in [1.82, 2.24) is 10.2 Å². The Morgan fingerprint density at radius 1 is 1.46 bits per heavy atom. The first-order chi connectivity index (χ1) is 11.5. The minimum Gasteiger partial charge on any atom is -0.300 e. The van der Waals surface area contributed by atoms with Gasteiger partial charge < -0.3 is 0 Å². The van der Waals surface area contributed by atoms with Gasteiger partial charge in [-0.25, -0.2) is 0 Å². The minimum absolute atomic E-state index is 0.0230. The topological polar surface area (TPSA) is 98.0 Å². The molecule has 2 rings (SSSR count). The summed E-state index contributed by atoms with van der Waals surface area (Å²) in [6.45, 7) is 5.39. The Labute approximate surface area is 151 Å². The number of hydrogen-bond acceptors (Lipinski definition) is 8. The fraction of sp³-hybridized carbons (Fsp3) is 0.214. The molecular weight excluding hydrogens is 368 g/mol. The number of aromatic nitrogens is 2. The molecular formula is C14H14N4O3S3. The molecule has 1 heterocycles. The van der Waals surface area contributed by atoms with Gasteiger partial charge in [-0.15, -0.1) is 28.5 Å². The number of carbonyl (C=O) groups excluding carboxylic acids is 1. The summed E-state index contributed by atoms with van der Waals surface area (Å²) in [6.07, 6.45) is 1.77. The summed E-state index contributed by atoms with van der Waals surface area (Å²) in [6, 6.07) is 6.09. The first kappa shape index (κ1) is 18.4. The van der Waals surface area contributed by atoms with Crippen LogP contribution in [-0.4, -0.2) is 32.0 Å². The Morgan fingerprint density at radius 2 is 2.17 bits per heavy atom. The molecule has 24 heavy (non-hydrogen) atoms. The van der Waals surface area contributed by atoms with E-state index >= 15 is 0 Å². The number of hydrogen-bond donors (Lipinski definition) is 1. The van der Waals surface area contributed by atoms with Gasteiger partial charge in [0, 0.05) is 22.8 Å². The van der Waals surface area contributed by atoms with Crippen LogP contribution in [-0.2, 0) is 4.79 Å². The van der Waals surface area contributed by atoms with E-state index in [-0.39, 0.29) is 16.8 Å². The van der Waals surface area contributed by atoms with Crippen molar-refractivity contribution < 1.29 is 9.72 Å². The third kappa shape index (κ3) is 5.32. The number of carbonyl (C=O) groups is 1. The second kappa shape index (κ2) is 8.81. The summed E-state index contributed by atoms with van der Waals surface area (Å²) in [4.78, 5) is 23.1. The van der Waals surface area contributed by atoms with Crippen LogP contribution in [0.2, 0.25) is 0 Å². The number of nitro benzene ring substituents is 1. The summed E-state index contributed by atoms with van der Waals surface area (Å²) in [7, 11) is 0. The van der Waals surface area contributed by atoms with Crippen LogP contribution in [0.25, 0.3) is 0 Å². The van der Waals surface area contributed by atoms with Crippen LogP contribution in [0.15, 0.2) is 46.2 Å². The number of nitrogens with one attached hydrogen (secondary N) is 1. The summed E-state index contributed by atoms with van der Waals surface area (Å²) in [5.41, 5.74) is 0.0230. The second-order valence-corrected chi connectivity index (χ2v) is 8.13. The number of nitro groups is 1. The number of thioether (sulfide) groups is 2. The van der Waals surface area contributed by atoms with Gasteiger partial charge in [-0.2, -0.15) is 0 Å². The van der Waals surface area contributed by atoms with Gasteiger partial charge in [0.1, 0.15) is 0 Å². The summed E-state index contributed by atoms with van der Waals surface area (Å²) >= 11 is 4.12. The highest BCUT2D eigenvalue weighted by Crippen LogP contribution is 2.28. The van der Waals surface area contributed by atoms with Gasteiger partial charge in [-0.1, -0.05) is 29.2 Å². The summed E-state index contributed by atoms with van der Waals surface area (Å²) in [5.74, 6) is 0.532. The van der Waals surface area contributed by atoms with Gasteiger partial charge in [-0.3, -0.25) is 20.2 Å². The summed E-state index contributed by atoms with van der Waals surface area (Å²) < 4.78 is 0.765. The molecule has 1 atom stereocenters. The molecule has 0 spiro atoms. The van der Waals surface area contributed by atoms with E-state index in [0.717, 1.165) is 15.0 Å². The Hall–Kier alpha value is -1.91. The lowest BCUT2D eigenvalue weighted by molar-refractivity contribution is -0.384. The quantitative estimate of drug-likeness (QED) is 0.243.